The lowest BCUT2D eigenvalue weighted by Crippen LogP contribution is -2.17. The van der Waals surface area contributed by atoms with E-state index in [0.717, 1.165) is 10.1 Å². The molecule has 0 saturated heterocycles. The number of aromatic nitrogens is 4. The van der Waals surface area contributed by atoms with Gasteiger partial charge in [0.25, 0.3) is 10.0 Å². The molecule has 2 heterocycles. The molecule has 0 spiro atoms. The molecule has 2 aromatic heterocycles. The molecule has 4 N–H and O–H groups in total. The molecular weight excluding hydrogens is 428 g/mol. The minimum atomic E-state index is -3.86. The summed E-state index contributed by atoms with van der Waals surface area (Å²) in [5, 5.41) is 4.05. The van der Waals surface area contributed by atoms with Crippen molar-refractivity contribution >= 4 is 21.4 Å². The summed E-state index contributed by atoms with van der Waals surface area (Å²) >= 11 is 0. The van der Waals surface area contributed by atoms with Gasteiger partial charge in [0, 0.05) is 17.8 Å². The van der Waals surface area contributed by atoms with Crippen LogP contribution in [0.2, 0.25) is 0 Å². The highest BCUT2D eigenvalue weighted by atomic mass is 32.2. The first kappa shape index (κ1) is 21.7. The zero-order valence-electron chi connectivity index (χ0n) is 18.0. The molecule has 2 aromatic carbocycles. The first-order valence-electron chi connectivity index (χ1n) is 9.98. The number of rotatable bonds is 5. The lowest BCUT2D eigenvalue weighted by molar-refractivity contribution is 0.590. The molecule has 0 aliphatic carbocycles. The second kappa shape index (κ2) is 7.88. The second-order valence-corrected chi connectivity index (χ2v) is 10.1. The van der Waals surface area contributed by atoms with Crippen LogP contribution in [0.15, 0.2) is 64.7 Å². The first-order chi connectivity index (χ1) is 15.1. The Hall–Kier alpha value is -3.50. The molecule has 166 valence electrons. The van der Waals surface area contributed by atoms with E-state index in [-0.39, 0.29) is 16.9 Å². The summed E-state index contributed by atoms with van der Waals surface area (Å²) in [7, 11) is -3.86. The van der Waals surface area contributed by atoms with E-state index in [2.05, 4.69) is 40.6 Å². The fraction of sp³-hybridized carbons (Fsp3) is 0.227. The molecule has 0 radical (unpaired) electrons. The topological polar surface area (TPSA) is 135 Å². The van der Waals surface area contributed by atoms with E-state index in [1.54, 1.807) is 24.3 Å². The summed E-state index contributed by atoms with van der Waals surface area (Å²) in [5.41, 5.74) is 9.07. The summed E-state index contributed by atoms with van der Waals surface area (Å²) in [6, 6.07) is 12.1. The Morgan fingerprint density at radius 3 is 2.50 bits per heavy atom. The molecule has 0 bridgehead atoms. The molecule has 0 atom stereocenters. The summed E-state index contributed by atoms with van der Waals surface area (Å²) in [4.78, 5) is 18.6. The lowest BCUT2D eigenvalue weighted by Gasteiger charge is -2.19. The van der Waals surface area contributed by atoms with Crippen LogP contribution in [0, 0.1) is 0 Å². The average molecular weight is 453 g/mol. The molecule has 9 nitrogen and oxygen atoms in total. The van der Waals surface area contributed by atoms with Crippen molar-refractivity contribution in [1.82, 2.24) is 19.6 Å². The van der Waals surface area contributed by atoms with E-state index in [9.17, 15) is 13.2 Å². The predicted molar refractivity (Wildman–Crippen MR) is 123 cm³/mol. The van der Waals surface area contributed by atoms with Gasteiger partial charge in [0.1, 0.15) is 0 Å². The third kappa shape index (κ3) is 4.02. The van der Waals surface area contributed by atoms with Gasteiger partial charge in [-0.2, -0.15) is 9.61 Å². The zero-order valence-corrected chi connectivity index (χ0v) is 18.8. The predicted octanol–water partition coefficient (Wildman–Crippen LogP) is 2.64. The molecule has 4 rings (SSSR count). The van der Waals surface area contributed by atoms with Crippen molar-refractivity contribution in [3.63, 3.8) is 0 Å². The highest BCUT2D eigenvalue weighted by Crippen LogP contribution is 2.29. The van der Waals surface area contributed by atoms with Gasteiger partial charge in [-0.05, 0) is 46.4 Å². The standard InChI is InChI=1S/C22H24N6O3S/c1-22(2,3)16-5-7-17(8-6-16)27-32(30,31)19-9-4-14(10-15(19)11-23)18-12-26-28-20(18)24-13-25-21(28)29/h4-10,12-13,27H,11,23H2,1-3H3,(H,24,25,29). The molecule has 0 aliphatic rings. The number of fused-ring (bicyclic) bond motifs is 1. The minimum absolute atomic E-state index is 0.0142. The monoisotopic (exact) mass is 452 g/mol. The van der Waals surface area contributed by atoms with Crippen molar-refractivity contribution in [3.05, 3.63) is 76.6 Å². The third-order valence-electron chi connectivity index (χ3n) is 5.20. The van der Waals surface area contributed by atoms with Crippen LogP contribution in [-0.2, 0) is 22.0 Å². The van der Waals surface area contributed by atoms with E-state index < -0.39 is 15.7 Å². The van der Waals surface area contributed by atoms with Gasteiger partial charge in [-0.3, -0.25) is 9.71 Å². The Morgan fingerprint density at radius 1 is 1.12 bits per heavy atom. The van der Waals surface area contributed by atoms with Gasteiger partial charge in [-0.1, -0.05) is 39.0 Å². The van der Waals surface area contributed by atoms with Crippen molar-refractivity contribution in [2.75, 3.05) is 4.72 Å². The molecule has 0 aliphatic heterocycles. The van der Waals surface area contributed by atoms with Gasteiger partial charge in [0.2, 0.25) is 0 Å². The number of aromatic amines is 1. The van der Waals surface area contributed by atoms with Crippen LogP contribution in [0.3, 0.4) is 0 Å². The fourth-order valence-electron chi connectivity index (χ4n) is 3.45. The molecule has 4 aromatic rings. The second-order valence-electron chi connectivity index (χ2n) is 8.46. The molecule has 32 heavy (non-hydrogen) atoms. The van der Waals surface area contributed by atoms with Crippen LogP contribution >= 0.6 is 0 Å². The number of benzene rings is 2. The Balaban J connectivity index is 1.69. The van der Waals surface area contributed by atoms with Crippen molar-refractivity contribution in [3.8, 4) is 11.1 Å². The third-order valence-corrected chi connectivity index (χ3v) is 6.68. The SMILES string of the molecule is CC(C)(C)c1ccc(NS(=O)(=O)c2ccc(-c3cnn4c(=O)[nH]cnc34)cc2CN)cc1. The first-order valence-corrected chi connectivity index (χ1v) is 11.5. The molecule has 0 unspecified atom stereocenters. The number of nitrogens with zero attached hydrogens (tertiary/aromatic N) is 3. The summed E-state index contributed by atoms with van der Waals surface area (Å²) in [6.45, 7) is 6.30. The molecular formula is C22H24N6O3S. The summed E-state index contributed by atoms with van der Waals surface area (Å²) < 4.78 is 29.9. The normalized spacial score (nSPS) is 12.2. The van der Waals surface area contributed by atoms with Crippen LogP contribution in [-0.4, -0.2) is 28.0 Å². The molecule has 0 saturated carbocycles. The van der Waals surface area contributed by atoms with Crippen LogP contribution < -0.4 is 16.1 Å². The Labute approximate surface area is 185 Å². The van der Waals surface area contributed by atoms with E-state index >= 15 is 0 Å². The Morgan fingerprint density at radius 2 is 1.84 bits per heavy atom. The van der Waals surface area contributed by atoms with Crippen molar-refractivity contribution in [2.45, 2.75) is 37.6 Å². The van der Waals surface area contributed by atoms with Crippen molar-refractivity contribution in [1.29, 1.82) is 0 Å². The molecule has 0 amide bonds. The van der Waals surface area contributed by atoms with E-state index in [1.807, 2.05) is 12.1 Å². The Kier molecular flexibility index (Phi) is 5.35. The van der Waals surface area contributed by atoms with Gasteiger partial charge in [-0.25, -0.2) is 18.2 Å². The maximum Gasteiger partial charge on any atom is 0.349 e. The summed E-state index contributed by atoms with van der Waals surface area (Å²) in [6.07, 6.45) is 2.80. The van der Waals surface area contributed by atoms with Crippen molar-refractivity contribution in [2.24, 2.45) is 5.73 Å². The lowest BCUT2D eigenvalue weighted by atomic mass is 9.87. The largest absolute Gasteiger partial charge is 0.349 e. The summed E-state index contributed by atoms with van der Waals surface area (Å²) in [5.74, 6) is 0. The van der Waals surface area contributed by atoms with E-state index in [0.29, 0.717) is 28.0 Å². The minimum Gasteiger partial charge on any atom is -0.326 e. The Bertz CT molecular complexity index is 1450. The van der Waals surface area contributed by atoms with Crippen LogP contribution in [0.25, 0.3) is 16.8 Å². The van der Waals surface area contributed by atoms with Gasteiger partial charge in [0.05, 0.1) is 17.4 Å². The highest BCUT2D eigenvalue weighted by molar-refractivity contribution is 7.92. The number of hydrogen-bond donors (Lipinski definition) is 3. The quantitative estimate of drug-likeness (QED) is 0.426. The maximum absolute atomic E-state index is 13.1. The van der Waals surface area contributed by atoms with Gasteiger partial charge >= 0.3 is 5.69 Å². The van der Waals surface area contributed by atoms with Crippen LogP contribution in [0.4, 0.5) is 5.69 Å². The van der Waals surface area contributed by atoms with Gasteiger partial charge < -0.3 is 5.73 Å². The molecule has 10 heteroatoms. The number of nitrogens with one attached hydrogen (secondary N) is 2. The van der Waals surface area contributed by atoms with Gasteiger partial charge in [-0.15, -0.1) is 0 Å². The van der Waals surface area contributed by atoms with Gasteiger partial charge in [0.15, 0.2) is 5.65 Å². The smallest absolute Gasteiger partial charge is 0.326 e. The zero-order chi connectivity index (χ0) is 23.1. The number of anilines is 1. The highest BCUT2D eigenvalue weighted by Gasteiger charge is 2.21. The van der Waals surface area contributed by atoms with Crippen molar-refractivity contribution < 1.29 is 8.42 Å². The number of hydrogen-bond acceptors (Lipinski definition) is 6. The van der Waals surface area contributed by atoms with Crippen LogP contribution in [0.1, 0.15) is 31.9 Å². The van der Waals surface area contributed by atoms with E-state index in [1.165, 1.54) is 18.6 Å². The fourth-order valence-corrected chi connectivity index (χ4v) is 4.74. The van der Waals surface area contributed by atoms with E-state index in [4.69, 9.17) is 5.73 Å². The van der Waals surface area contributed by atoms with Crippen LogP contribution in [0.5, 0.6) is 0 Å². The number of sulfonamides is 1. The molecule has 0 fully saturated rings. The average Bonchev–Trinajstić information content (AvgIpc) is 3.18. The maximum atomic E-state index is 13.1. The number of H-pyrrole nitrogens is 1. The number of nitrogens with two attached hydrogens (primary N) is 1.